The standard InChI is InChI=1S/C13H17ClN2S2/c1-15-7-10-3-4-11(17-10)8-16(2)9-12-5-6-13(14)18-12/h3-6,15H,7-9H2,1-2H3. The highest BCUT2D eigenvalue weighted by Crippen LogP contribution is 2.24. The Labute approximate surface area is 121 Å². The van der Waals surface area contributed by atoms with Crippen LogP contribution in [0.1, 0.15) is 14.6 Å². The molecule has 2 rings (SSSR count). The lowest BCUT2D eigenvalue weighted by molar-refractivity contribution is 0.325. The highest BCUT2D eigenvalue weighted by Gasteiger charge is 2.06. The van der Waals surface area contributed by atoms with Crippen LogP contribution in [0.2, 0.25) is 4.34 Å². The highest BCUT2D eigenvalue weighted by atomic mass is 35.5. The van der Waals surface area contributed by atoms with E-state index in [9.17, 15) is 0 Å². The molecule has 0 fully saturated rings. The maximum Gasteiger partial charge on any atom is 0.0931 e. The van der Waals surface area contributed by atoms with Crippen molar-refractivity contribution in [1.82, 2.24) is 10.2 Å². The van der Waals surface area contributed by atoms with Gasteiger partial charge in [-0.25, -0.2) is 0 Å². The van der Waals surface area contributed by atoms with Crippen molar-refractivity contribution < 1.29 is 0 Å². The van der Waals surface area contributed by atoms with Crippen LogP contribution >= 0.6 is 34.3 Å². The molecule has 0 aliphatic heterocycles. The van der Waals surface area contributed by atoms with Gasteiger partial charge in [0.05, 0.1) is 4.34 Å². The van der Waals surface area contributed by atoms with E-state index >= 15 is 0 Å². The van der Waals surface area contributed by atoms with Gasteiger partial charge < -0.3 is 5.32 Å². The molecular formula is C13H17ClN2S2. The van der Waals surface area contributed by atoms with Crippen molar-refractivity contribution in [1.29, 1.82) is 0 Å². The molecule has 0 amide bonds. The van der Waals surface area contributed by atoms with Gasteiger partial charge in [0.1, 0.15) is 0 Å². The van der Waals surface area contributed by atoms with E-state index in [1.54, 1.807) is 11.3 Å². The Bertz CT molecular complexity index is 493. The predicted molar refractivity (Wildman–Crippen MR) is 81.6 cm³/mol. The molecule has 2 aromatic rings. The molecule has 0 unspecified atom stereocenters. The Morgan fingerprint density at radius 3 is 2.28 bits per heavy atom. The Hall–Kier alpha value is -0.390. The van der Waals surface area contributed by atoms with Crippen molar-refractivity contribution in [3.8, 4) is 0 Å². The van der Waals surface area contributed by atoms with Crippen molar-refractivity contribution >= 4 is 34.3 Å². The second-order valence-electron chi connectivity index (χ2n) is 4.28. The summed E-state index contributed by atoms with van der Waals surface area (Å²) in [6, 6.07) is 8.48. The lowest BCUT2D eigenvalue weighted by Gasteiger charge is -2.14. The van der Waals surface area contributed by atoms with Crippen molar-refractivity contribution in [2.45, 2.75) is 19.6 Å². The van der Waals surface area contributed by atoms with Crippen LogP contribution in [-0.2, 0) is 19.6 Å². The van der Waals surface area contributed by atoms with E-state index in [2.05, 4.69) is 35.5 Å². The maximum absolute atomic E-state index is 5.94. The third kappa shape index (κ3) is 4.07. The smallest absolute Gasteiger partial charge is 0.0931 e. The summed E-state index contributed by atoms with van der Waals surface area (Å²) in [6.45, 7) is 2.90. The maximum atomic E-state index is 5.94. The molecule has 0 aromatic carbocycles. The SMILES string of the molecule is CNCc1ccc(CN(C)Cc2ccc(Cl)s2)s1. The molecule has 0 radical (unpaired) electrons. The number of hydrogen-bond acceptors (Lipinski definition) is 4. The van der Waals surface area contributed by atoms with Crippen molar-refractivity contribution in [3.63, 3.8) is 0 Å². The number of rotatable bonds is 6. The van der Waals surface area contributed by atoms with E-state index in [4.69, 9.17) is 11.6 Å². The first-order chi connectivity index (χ1) is 8.67. The van der Waals surface area contributed by atoms with Crippen LogP contribution in [0, 0.1) is 0 Å². The van der Waals surface area contributed by atoms with E-state index in [1.165, 1.54) is 14.6 Å². The first-order valence-electron chi connectivity index (χ1n) is 5.82. The predicted octanol–water partition coefficient (Wildman–Crippen LogP) is 3.81. The molecule has 0 spiro atoms. The molecule has 0 atom stereocenters. The van der Waals surface area contributed by atoms with Gasteiger partial charge in [0, 0.05) is 34.3 Å². The van der Waals surface area contributed by atoms with Crippen LogP contribution < -0.4 is 5.32 Å². The van der Waals surface area contributed by atoms with Crippen LogP contribution in [0.25, 0.3) is 0 Å². The summed E-state index contributed by atoms with van der Waals surface area (Å²) in [5.74, 6) is 0. The lowest BCUT2D eigenvalue weighted by Crippen LogP contribution is -2.15. The summed E-state index contributed by atoms with van der Waals surface area (Å²) in [7, 11) is 4.12. The Morgan fingerprint density at radius 2 is 1.67 bits per heavy atom. The monoisotopic (exact) mass is 300 g/mol. The van der Waals surface area contributed by atoms with E-state index in [0.717, 1.165) is 24.0 Å². The normalized spacial score (nSPS) is 11.3. The average molecular weight is 301 g/mol. The summed E-state index contributed by atoms with van der Waals surface area (Å²) >= 11 is 9.47. The minimum atomic E-state index is 0.867. The fourth-order valence-electron chi connectivity index (χ4n) is 1.80. The largest absolute Gasteiger partial charge is 0.315 e. The molecule has 5 heteroatoms. The van der Waals surface area contributed by atoms with E-state index in [1.807, 2.05) is 24.5 Å². The summed E-state index contributed by atoms with van der Waals surface area (Å²) in [6.07, 6.45) is 0. The number of halogens is 1. The molecule has 1 N–H and O–H groups in total. The number of nitrogens with zero attached hydrogens (tertiary/aromatic N) is 1. The Kier molecular flexibility index (Phi) is 5.21. The molecule has 0 aliphatic carbocycles. The minimum Gasteiger partial charge on any atom is -0.315 e. The second kappa shape index (κ2) is 6.68. The van der Waals surface area contributed by atoms with Crippen LogP contribution in [-0.4, -0.2) is 19.0 Å². The average Bonchev–Trinajstić information content (AvgIpc) is 2.89. The number of hydrogen-bond donors (Lipinski definition) is 1. The second-order valence-corrected chi connectivity index (χ2v) is 7.33. The molecule has 2 nitrogen and oxygen atoms in total. The lowest BCUT2D eigenvalue weighted by atomic mass is 10.4. The van der Waals surface area contributed by atoms with Crippen molar-refractivity contribution in [3.05, 3.63) is 43.2 Å². The fraction of sp³-hybridized carbons (Fsp3) is 0.385. The van der Waals surface area contributed by atoms with Crippen LogP contribution in [0.5, 0.6) is 0 Å². The molecule has 0 saturated heterocycles. The van der Waals surface area contributed by atoms with Gasteiger partial charge in [-0.2, -0.15) is 0 Å². The van der Waals surface area contributed by atoms with Crippen LogP contribution in [0.15, 0.2) is 24.3 Å². The third-order valence-corrected chi connectivity index (χ3v) is 4.83. The first kappa shape index (κ1) is 14.0. The molecule has 0 bridgehead atoms. The van der Waals surface area contributed by atoms with Crippen LogP contribution in [0.4, 0.5) is 0 Å². The van der Waals surface area contributed by atoms with Gasteiger partial charge in [-0.05, 0) is 38.4 Å². The summed E-state index contributed by atoms with van der Waals surface area (Å²) < 4.78 is 0.867. The van der Waals surface area contributed by atoms with E-state index in [0.29, 0.717) is 0 Å². The van der Waals surface area contributed by atoms with Gasteiger partial charge in [-0.3, -0.25) is 4.90 Å². The number of nitrogens with one attached hydrogen (secondary N) is 1. The Morgan fingerprint density at radius 1 is 1.06 bits per heavy atom. The van der Waals surface area contributed by atoms with Gasteiger partial charge in [0.25, 0.3) is 0 Å². The van der Waals surface area contributed by atoms with Crippen molar-refractivity contribution in [2.24, 2.45) is 0 Å². The van der Waals surface area contributed by atoms with E-state index < -0.39 is 0 Å². The molecule has 18 heavy (non-hydrogen) atoms. The Balaban J connectivity index is 1.88. The molecule has 98 valence electrons. The van der Waals surface area contributed by atoms with Gasteiger partial charge in [-0.15, -0.1) is 22.7 Å². The topological polar surface area (TPSA) is 15.3 Å². The minimum absolute atomic E-state index is 0.867. The first-order valence-corrected chi connectivity index (χ1v) is 7.83. The summed E-state index contributed by atoms with van der Waals surface area (Å²) in [4.78, 5) is 6.43. The quantitative estimate of drug-likeness (QED) is 0.872. The van der Waals surface area contributed by atoms with Gasteiger partial charge >= 0.3 is 0 Å². The van der Waals surface area contributed by atoms with E-state index in [-0.39, 0.29) is 0 Å². The van der Waals surface area contributed by atoms with Crippen LogP contribution in [0.3, 0.4) is 0 Å². The van der Waals surface area contributed by atoms with Gasteiger partial charge in [0.15, 0.2) is 0 Å². The zero-order chi connectivity index (χ0) is 13.0. The van der Waals surface area contributed by atoms with Gasteiger partial charge in [0.2, 0.25) is 0 Å². The molecule has 0 aliphatic rings. The number of thiophene rings is 2. The third-order valence-electron chi connectivity index (χ3n) is 2.55. The molecule has 2 aromatic heterocycles. The zero-order valence-corrected chi connectivity index (χ0v) is 13.0. The fourth-order valence-corrected chi connectivity index (χ4v) is 4.08. The zero-order valence-electron chi connectivity index (χ0n) is 10.6. The molecule has 0 saturated carbocycles. The summed E-state index contributed by atoms with van der Waals surface area (Å²) in [5.41, 5.74) is 0. The molecular weight excluding hydrogens is 284 g/mol. The summed E-state index contributed by atoms with van der Waals surface area (Å²) in [5, 5.41) is 3.18. The molecule has 2 heterocycles. The van der Waals surface area contributed by atoms with Crippen molar-refractivity contribution in [2.75, 3.05) is 14.1 Å². The van der Waals surface area contributed by atoms with Gasteiger partial charge in [-0.1, -0.05) is 11.6 Å². The highest BCUT2D eigenvalue weighted by molar-refractivity contribution is 7.16.